The maximum absolute atomic E-state index is 12.6. The Morgan fingerprint density at radius 1 is 1.06 bits per heavy atom. The summed E-state index contributed by atoms with van der Waals surface area (Å²) in [6.45, 7) is 2.07. The number of nitrogens with zero attached hydrogens (tertiary/aromatic N) is 1. The van der Waals surface area contributed by atoms with Crippen molar-refractivity contribution < 1.29 is 18.7 Å². The Bertz CT molecular complexity index is 1610. The molecule has 0 fully saturated rings. The number of halogens is 1. The van der Waals surface area contributed by atoms with Crippen molar-refractivity contribution in [3.63, 3.8) is 0 Å². The number of thiocarbonyl (C=S) groups is 1. The maximum Gasteiger partial charge on any atom is 0.293 e. The van der Waals surface area contributed by atoms with E-state index >= 15 is 0 Å². The molecule has 3 N–H and O–H groups in total. The smallest absolute Gasteiger partial charge is 0.293 e. The minimum absolute atomic E-state index is 0.0433. The van der Waals surface area contributed by atoms with E-state index in [4.69, 9.17) is 32.7 Å². The highest BCUT2D eigenvalue weighted by Crippen LogP contribution is 2.33. The molecule has 5 rings (SSSR count). The summed E-state index contributed by atoms with van der Waals surface area (Å²) < 4.78 is 11.5. The Kier molecular flexibility index (Phi) is 6.45. The fourth-order valence-corrected chi connectivity index (χ4v) is 4.08. The lowest BCUT2D eigenvalue weighted by Gasteiger charge is -2.10. The molecule has 36 heavy (non-hydrogen) atoms. The van der Waals surface area contributed by atoms with E-state index in [1.165, 1.54) is 6.07 Å². The Morgan fingerprint density at radius 2 is 1.92 bits per heavy atom. The highest BCUT2D eigenvalue weighted by Gasteiger charge is 2.16. The number of aryl methyl sites for hydroxylation is 1. The molecule has 0 aliphatic carbocycles. The molecule has 0 saturated carbocycles. The number of amides is 1. The average Bonchev–Trinajstić information content (AvgIpc) is 3.51. The van der Waals surface area contributed by atoms with Gasteiger partial charge >= 0.3 is 0 Å². The number of rotatable bonds is 5. The predicted molar refractivity (Wildman–Crippen MR) is 143 cm³/mol. The highest BCUT2D eigenvalue weighted by molar-refractivity contribution is 7.80. The molecule has 5 aromatic rings. The normalized spacial score (nSPS) is 10.9. The van der Waals surface area contributed by atoms with Gasteiger partial charge in [-0.05, 0) is 72.7 Å². The molecule has 180 valence electrons. The topological polar surface area (TPSA) is 101 Å². The molecule has 0 saturated heterocycles. The molecular formula is C27H20ClN3O4S. The molecular weight excluding hydrogens is 498 g/mol. The van der Waals surface area contributed by atoms with E-state index in [1.54, 1.807) is 42.5 Å². The number of aromatic nitrogens is 1. The van der Waals surface area contributed by atoms with Gasteiger partial charge in [-0.3, -0.25) is 10.1 Å². The summed E-state index contributed by atoms with van der Waals surface area (Å²) in [6, 6.07) is 21.0. The molecule has 1 amide bonds. The molecule has 0 radical (unpaired) electrons. The molecule has 7 nitrogen and oxygen atoms in total. The number of hydrogen-bond acceptors (Lipinski definition) is 6. The van der Waals surface area contributed by atoms with E-state index in [0.717, 1.165) is 23.1 Å². The zero-order chi connectivity index (χ0) is 25.2. The average molecular weight is 518 g/mol. The van der Waals surface area contributed by atoms with Crippen molar-refractivity contribution in [3.05, 3.63) is 89.1 Å². The quantitative estimate of drug-likeness (QED) is 0.220. The number of phenols is 1. The molecule has 0 aliphatic rings. The van der Waals surface area contributed by atoms with Crippen LogP contribution >= 0.6 is 23.8 Å². The van der Waals surface area contributed by atoms with Crippen LogP contribution in [0.4, 0.5) is 5.69 Å². The lowest BCUT2D eigenvalue weighted by atomic mass is 10.1. The van der Waals surface area contributed by atoms with Gasteiger partial charge in [-0.2, -0.15) is 0 Å². The number of nitrogens with one attached hydrogen (secondary N) is 2. The minimum atomic E-state index is -0.514. The second kappa shape index (κ2) is 9.85. The Balaban J connectivity index is 1.26. The zero-order valence-electron chi connectivity index (χ0n) is 19.0. The van der Waals surface area contributed by atoms with E-state index in [2.05, 4.69) is 22.5 Å². The van der Waals surface area contributed by atoms with Crippen molar-refractivity contribution in [2.24, 2.45) is 0 Å². The molecule has 0 spiro atoms. The lowest BCUT2D eigenvalue weighted by molar-refractivity contribution is 0.0951. The number of fused-ring (bicyclic) bond motifs is 1. The monoisotopic (exact) mass is 517 g/mol. The first kappa shape index (κ1) is 23.6. The first-order chi connectivity index (χ1) is 17.4. The van der Waals surface area contributed by atoms with Gasteiger partial charge in [0, 0.05) is 22.3 Å². The second-order valence-corrected chi connectivity index (χ2v) is 8.83. The first-order valence-corrected chi connectivity index (χ1v) is 11.9. The van der Waals surface area contributed by atoms with Crippen LogP contribution in [0.5, 0.6) is 5.75 Å². The van der Waals surface area contributed by atoms with Crippen molar-refractivity contribution in [3.8, 4) is 28.5 Å². The molecule has 2 heterocycles. The van der Waals surface area contributed by atoms with E-state index in [9.17, 15) is 9.90 Å². The summed E-state index contributed by atoms with van der Waals surface area (Å²) in [5.41, 5.74) is 4.19. The van der Waals surface area contributed by atoms with Crippen molar-refractivity contribution in [1.29, 1.82) is 0 Å². The fraction of sp³-hybridized carbons (Fsp3) is 0.0741. The zero-order valence-corrected chi connectivity index (χ0v) is 20.6. The van der Waals surface area contributed by atoms with Crippen LogP contribution in [0, 0.1) is 0 Å². The number of furan rings is 1. The third-order valence-corrected chi connectivity index (χ3v) is 5.95. The lowest BCUT2D eigenvalue weighted by Crippen LogP contribution is -2.33. The van der Waals surface area contributed by atoms with Crippen LogP contribution in [0.15, 0.2) is 81.6 Å². The summed E-state index contributed by atoms with van der Waals surface area (Å²) in [4.78, 5) is 17.1. The van der Waals surface area contributed by atoms with E-state index in [1.807, 2.05) is 24.3 Å². The Labute approximate surface area is 216 Å². The number of oxazole rings is 1. The first-order valence-electron chi connectivity index (χ1n) is 11.1. The van der Waals surface area contributed by atoms with Gasteiger partial charge in [-0.1, -0.05) is 36.7 Å². The molecule has 0 aliphatic heterocycles. The summed E-state index contributed by atoms with van der Waals surface area (Å²) >= 11 is 11.3. The number of benzene rings is 3. The molecule has 0 unspecified atom stereocenters. The Hall–Kier alpha value is -4.14. The third kappa shape index (κ3) is 4.95. The van der Waals surface area contributed by atoms with Crippen LogP contribution in [0.3, 0.4) is 0 Å². The molecule has 2 aromatic heterocycles. The summed E-state index contributed by atoms with van der Waals surface area (Å²) in [6.07, 6.45) is 0.892. The number of hydrogen-bond donors (Lipinski definition) is 3. The minimum Gasteiger partial charge on any atom is -0.507 e. The van der Waals surface area contributed by atoms with E-state index in [-0.39, 0.29) is 16.6 Å². The van der Waals surface area contributed by atoms with Gasteiger partial charge in [0.1, 0.15) is 17.0 Å². The number of anilines is 1. The fourth-order valence-electron chi connectivity index (χ4n) is 3.68. The number of carbonyl (C=O) groups is 1. The van der Waals surface area contributed by atoms with Gasteiger partial charge in [-0.15, -0.1) is 0 Å². The molecule has 0 atom stereocenters. The number of carbonyl (C=O) groups excluding carboxylic acids is 1. The molecule has 3 aromatic carbocycles. The SMILES string of the molecule is CCc1ccc2oc(-c3ccc(NC(=S)NC(=O)c4ccc(-c5cccc(Cl)c5)o4)cc3O)nc2c1. The summed E-state index contributed by atoms with van der Waals surface area (Å²) in [5.74, 6) is 0.348. The highest BCUT2D eigenvalue weighted by atomic mass is 35.5. The molecule has 0 bridgehead atoms. The van der Waals surface area contributed by atoms with Gasteiger partial charge in [-0.25, -0.2) is 4.98 Å². The van der Waals surface area contributed by atoms with Crippen LogP contribution in [0.25, 0.3) is 33.9 Å². The van der Waals surface area contributed by atoms with Crippen LogP contribution in [-0.2, 0) is 6.42 Å². The van der Waals surface area contributed by atoms with E-state index < -0.39 is 5.91 Å². The second-order valence-electron chi connectivity index (χ2n) is 7.99. The van der Waals surface area contributed by atoms with Crippen molar-refractivity contribution in [2.75, 3.05) is 5.32 Å². The standard InChI is InChI=1S/C27H20ClN3O4S/c1-2-15-6-9-23-20(12-15)30-26(35-23)19-8-7-18(14-21(19)32)29-27(36)31-25(33)24-11-10-22(34-24)16-4-3-5-17(28)13-16/h3-14,32H,2H2,1H3,(H2,29,31,33,36). The number of aromatic hydroxyl groups is 1. The maximum atomic E-state index is 12.6. The van der Waals surface area contributed by atoms with Crippen LogP contribution in [0.1, 0.15) is 23.0 Å². The summed E-state index contributed by atoms with van der Waals surface area (Å²) in [5, 5.41) is 16.6. The van der Waals surface area contributed by atoms with Gasteiger partial charge in [0.2, 0.25) is 5.89 Å². The van der Waals surface area contributed by atoms with Crippen LogP contribution in [0.2, 0.25) is 5.02 Å². The third-order valence-electron chi connectivity index (χ3n) is 5.51. The van der Waals surface area contributed by atoms with Gasteiger partial charge in [0.25, 0.3) is 5.91 Å². The van der Waals surface area contributed by atoms with Crippen molar-refractivity contribution in [2.45, 2.75) is 13.3 Å². The van der Waals surface area contributed by atoms with Crippen molar-refractivity contribution >= 4 is 51.6 Å². The van der Waals surface area contributed by atoms with Crippen LogP contribution in [-0.4, -0.2) is 21.1 Å². The van der Waals surface area contributed by atoms with Crippen molar-refractivity contribution in [1.82, 2.24) is 10.3 Å². The van der Waals surface area contributed by atoms with Gasteiger partial charge in [0.05, 0.1) is 5.56 Å². The Morgan fingerprint density at radius 3 is 2.69 bits per heavy atom. The summed E-state index contributed by atoms with van der Waals surface area (Å²) in [7, 11) is 0. The van der Waals surface area contributed by atoms with E-state index in [0.29, 0.717) is 33.5 Å². The molecule has 9 heteroatoms. The largest absolute Gasteiger partial charge is 0.507 e. The predicted octanol–water partition coefficient (Wildman–Crippen LogP) is 6.80. The van der Waals surface area contributed by atoms with Crippen LogP contribution < -0.4 is 10.6 Å². The number of phenolic OH excluding ortho intramolecular Hbond substituents is 1. The van der Waals surface area contributed by atoms with Gasteiger partial charge in [0.15, 0.2) is 16.5 Å². The van der Waals surface area contributed by atoms with Gasteiger partial charge < -0.3 is 19.3 Å².